The number of imidazole rings is 1. The van der Waals surface area contributed by atoms with E-state index in [0.717, 1.165) is 11.4 Å². The van der Waals surface area contributed by atoms with E-state index in [0.29, 0.717) is 24.4 Å². The summed E-state index contributed by atoms with van der Waals surface area (Å²) in [6, 6.07) is 8.56. The average Bonchev–Trinajstić information content (AvgIpc) is 2.81. The molecule has 0 saturated carbocycles. The van der Waals surface area contributed by atoms with E-state index in [2.05, 4.69) is 4.98 Å². The summed E-state index contributed by atoms with van der Waals surface area (Å²) in [7, 11) is -1.51. The van der Waals surface area contributed by atoms with Crippen LogP contribution >= 0.6 is 0 Å². The normalized spacial score (nSPS) is 16.3. The quantitative estimate of drug-likeness (QED) is 0.828. The summed E-state index contributed by atoms with van der Waals surface area (Å²) >= 11 is 0. The minimum Gasteiger partial charge on any atom is -0.336 e. The van der Waals surface area contributed by atoms with Crippen molar-refractivity contribution in [3.63, 3.8) is 0 Å². The van der Waals surface area contributed by atoms with Crippen molar-refractivity contribution in [2.24, 2.45) is 7.05 Å². The van der Waals surface area contributed by atoms with E-state index in [-0.39, 0.29) is 0 Å². The highest BCUT2D eigenvalue weighted by molar-refractivity contribution is 7.89. The average molecular weight is 277 g/mol. The molecule has 5 nitrogen and oxygen atoms in total. The summed E-state index contributed by atoms with van der Waals surface area (Å²) in [6.45, 7) is 0.879. The Labute approximate surface area is 112 Å². The molecule has 2 aromatic rings. The van der Waals surface area contributed by atoms with Crippen LogP contribution < -0.4 is 0 Å². The highest BCUT2D eigenvalue weighted by Crippen LogP contribution is 2.23. The van der Waals surface area contributed by atoms with Crippen LogP contribution in [0.2, 0.25) is 0 Å². The molecule has 2 heterocycles. The minimum atomic E-state index is -3.41. The van der Waals surface area contributed by atoms with Crippen LogP contribution in [0.15, 0.2) is 41.6 Å². The zero-order valence-electron chi connectivity index (χ0n) is 10.7. The van der Waals surface area contributed by atoms with E-state index in [4.69, 9.17) is 0 Å². The Morgan fingerprint density at radius 1 is 1.21 bits per heavy atom. The number of fused-ring (bicyclic) bond motifs is 1. The van der Waals surface area contributed by atoms with Gasteiger partial charge in [0.15, 0.2) is 0 Å². The fourth-order valence-corrected chi connectivity index (χ4v) is 3.76. The smallest absolute Gasteiger partial charge is 0.243 e. The molecule has 0 amide bonds. The van der Waals surface area contributed by atoms with Crippen LogP contribution in [0.1, 0.15) is 11.4 Å². The number of aryl methyl sites for hydroxylation is 1. The van der Waals surface area contributed by atoms with Gasteiger partial charge in [-0.1, -0.05) is 18.2 Å². The summed E-state index contributed by atoms with van der Waals surface area (Å²) in [4.78, 5) is 4.63. The molecule has 3 rings (SSSR count). The van der Waals surface area contributed by atoms with E-state index in [9.17, 15) is 8.42 Å². The topological polar surface area (TPSA) is 55.2 Å². The van der Waals surface area contributed by atoms with Crippen molar-refractivity contribution in [3.05, 3.63) is 48.0 Å². The summed E-state index contributed by atoms with van der Waals surface area (Å²) in [5.74, 6) is 0. The number of benzene rings is 1. The van der Waals surface area contributed by atoms with Crippen molar-refractivity contribution in [2.75, 3.05) is 6.54 Å². The second-order valence-electron chi connectivity index (χ2n) is 4.65. The van der Waals surface area contributed by atoms with Crippen molar-refractivity contribution in [1.82, 2.24) is 13.9 Å². The lowest BCUT2D eigenvalue weighted by atomic mass is 10.2. The maximum atomic E-state index is 12.5. The summed E-state index contributed by atoms with van der Waals surface area (Å²) in [5, 5.41) is 0. The lowest BCUT2D eigenvalue weighted by Gasteiger charge is -2.26. The first-order chi connectivity index (χ1) is 9.09. The van der Waals surface area contributed by atoms with Gasteiger partial charge in [0.2, 0.25) is 10.0 Å². The van der Waals surface area contributed by atoms with Gasteiger partial charge in [-0.25, -0.2) is 13.4 Å². The number of hydrogen-bond acceptors (Lipinski definition) is 3. The molecule has 0 radical (unpaired) electrons. The van der Waals surface area contributed by atoms with Gasteiger partial charge in [-0.3, -0.25) is 0 Å². The monoisotopic (exact) mass is 277 g/mol. The summed E-state index contributed by atoms with van der Waals surface area (Å²) < 4.78 is 28.5. The molecule has 1 aliphatic heterocycles. The first kappa shape index (κ1) is 12.4. The first-order valence-corrected chi connectivity index (χ1v) is 7.57. The van der Waals surface area contributed by atoms with E-state index in [1.165, 1.54) is 4.31 Å². The highest BCUT2D eigenvalue weighted by Gasteiger charge is 2.29. The number of sulfonamides is 1. The Morgan fingerprint density at radius 2 is 1.95 bits per heavy atom. The molecule has 0 N–H and O–H groups in total. The van der Waals surface area contributed by atoms with Crippen molar-refractivity contribution in [2.45, 2.75) is 17.9 Å². The molecule has 0 spiro atoms. The maximum Gasteiger partial charge on any atom is 0.243 e. The Bertz CT molecular complexity index is 692. The third-order valence-corrected chi connectivity index (χ3v) is 5.31. The number of hydrogen-bond donors (Lipinski definition) is 0. The highest BCUT2D eigenvalue weighted by atomic mass is 32.2. The van der Waals surface area contributed by atoms with Gasteiger partial charge in [0, 0.05) is 20.0 Å². The molecule has 0 saturated heterocycles. The predicted octanol–water partition coefficient (Wildman–Crippen LogP) is 1.17. The number of aromatic nitrogens is 2. The van der Waals surface area contributed by atoms with Crippen LogP contribution in [0.25, 0.3) is 0 Å². The lowest BCUT2D eigenvalue weighted by molar-refractivity contribution is 0.380. The minimum absolute atomic E-state index is 0.348. The van der Waals surface area contributed by atoms with E-state index in [1.54, 1.807) is 30.6 Å². The van der Waals surface area contributed by atoms with Crippen LogP contribution in [0.5, 0.6) is 0 Å². The van der Waals surface area contributed by atoms with Crippen LogP contribution in [0.3, 0.4) is 0 Å². The van der Waals surface area contributed by atoms with E-state index < -0.39 is 10.0 Å². The van der Waals surface area contributed by atoms with E-state index >= 15 is 0 Å². The SMILES string of the molecule is Cn1cnc2c1CN(S(=O)(=O)c1ccccc1)CC2. The number of nitrogens with zero attached hydrogens (tertiary/aromatic N) is 3. The van der Waals surface area contributed by atoms with Crippen molar-refractivity contribution < 1.29 is 8.42 Å². The molecule has 0 bridgehead atoms. The Hall–Kier alpha value is -1.66. The summed E-state index contributed by atoms with van der Waals surface area (Å²) in [6.07, 6.45) is 2.41. The van der Waals surface area contributed by atoms with Crippen LogP contribution in [0, 0.1) is 0 Å². The lowest BCUT2D eigenvalue weighted by Crippen LogP contribution is -2.36. The van der Waals surface area contributed by atoms with Gasteiger partial charge in [-0.15, -0.1) is 0 Å². The van der Waals surface area contributed by atoms with Crippen molar-refractivity contribution in [3.8, 4) is 0 Å². The Morgan fingerprint density at radius 3 is 2.68 bits per heavy atom. The van der Waals surface area contributed by atoms with Gasteiger partial charge in [0.1, 0.15) is 0 Å². The van der Waals surface area contributed by atoms with Gasteiger partial charge < -0.3 is 4.57 Å². The fraction of sp³-hybridized carbons (Fsp3) is 0.308. The molecule has 0 atom stereocenters. The number of rotatable bonds is 2. The predicted molar refractivity (Wildman–Crippen MR) is 70.9 cm³/mol. The Kier molecular flexibility index (Phi) is 2.91. The first-order valence-electron chi connectivity index (χ1n) is 6.13. The maximum absolute atomic E-state index is 12.5. The van der Waals surface area contributed by atoms with Gasteiger partial charge in [0.25, 0.3) is 0 Å². The Balaban J connectivity index is 1.95. The molecule has 6 heteroatoms. The zero-order valence-corrected chi connectivity index (χ0v) is 11.5. The van der Waals surface area contributed by atoms with Crippen molar-refractivity contribution in [1.29, 1.82) is 0 Å². The van der Waals surface area contributed by atoms with Crippen molar-refractivity contribution >= 4 is 10.0 Å². The van der Waals surface area contributed by atoms with Gasteiger partial charge in [-0.2, -0.15) is 4.31 Å². The van der Waals surface area contributed by atoms with Gasteiger partial charge >= 0.3 is 0 Å². The molecule has 19 heavy (non-hydrogen) atoms. The summed E-state index contributed by atoms with van der Waals surface area (Å²) in [5.41, 5.74) is 1.98. The third-order valence-electron chi connectivity index (χ3n) is 3.45. The molecule has 1 aliphatic rings. The van der Waals surface area contributed by atoms with Gasteiger partial charge in [0.05, 0.1) is 29.2 Å². The second-order valence-corrected chi connectivity index (χ2v) is 6.59. The van der Waals surface area contributed by atoms with E-state index in [1.807, 2.05) is 17.7 Å². The molecule has 0 aliphatic carbocycles. The molecular formula is C13H15N3O2S. The second kappa shape index (κ2) is 4.47. The van der Waals surface area contributed by atoms with Gasteiger partial charge in [-0.05, 0) is 12.1 Å². The van der Waals surface area contributed by atoms with Crippen LogP contribution in [-0.2, 0) is 30.0 Å². The van der Waals surface area contributed by atoms with Crippen LogP contribution in [-0.4, -0.2) is 28.8 Å². The third kappa shape index (κ3) is 2.06. The molecular weight excluding hydrogens is 262 g/mol. The fourth-order valence-electron chi connectivity index (χ4n) is 2.34. The molecule has 0 fully saturated rings. The zero-order chi connectivity index (χ0) is 13.5. The molecule has 0 unspecified atom stereocenters. The molecule has 1 aromatic heterocycles. The largest absolute Gasteiger partial charge is 0.336 e. The van der Waals surface area contributed by atoms with Crippen LogP contribution in [0.4, 0.5) is 0 Å². The standard InChI is InChI=1S/C13H15N3O2S/c1-15-10-14-12-7-8-16(9-13(12)15)19(17,18)11-5-3-2-4-6-11/h2-6,10H,7-9H2,1H3. The molecule has 100 valence electrons. The molecule has 1 aromatic carbocycles.